The van der Waals surface area contributed by atoms with Gasteiger partial charge in [-0.25, -0.2) is 0 Å². The molecule has 0 heterocycles. The second-order valence-corrected chi connectivity index (χ2v) is 3.93. The molecule has 0 saturated heterocycles. The Morgan fingerprint density at radius 2 is 1.59 bits per heavy atom. The largest absolute Gasteiger partial charge is 0.493 e. The lowest BCUT2D eigenvalue weighted by Crippen LogP contribution is -1.94. The monoisotopic (exact) mass is 248 g/mol. The maximum absolute atomic E-state index is 6.24. The highest BCUT2D eigenvalue weighted by Crippen LogP contribution is 2.42. The molecule has 2 aromatic carbocycles. The molecule has 3 heteroatoms. The van der Waals surface area contributed by atoms with Crippen molar-refractivity contribution < 1.29 is 9.47 Å². The molecule has 0 spiro atoms. The van der Waals surface area contributed by atoms with Crippen molar-refractivity contribution in [1.82, 2.24) is 0 Å². The van der Waals surface area contributed by atoms with E-state index in [2.05, 4.69) is 0 Å². The van der Waals surface area contributed by atoms with Crippen LogP contribution in [0.5, 0.6) is 11.5 Å². The van der Waals surface area contributed by atoms with Gasteiger partial charge in [0.05, 0.1) is 19.2 Å². The van der Waals surface area contributed by atoms with Gasteiger partial charge in [-0.1, -0.05) is 41.9 Å². The van der Waals surface area contributed by atoms with Crippen molar-refractivity contribution in [3.8, 4) is 22.6 Å². The number of hydrogen-bond acceptors (Lipinski definition) is 2. The van der Waals surface area contributed by atoms with E-state index in [1.165, 1.54) is 0 Å². The number of hydrogen-bond donors (Lipinski definition) is 0. The van der Waals surface area contributed by atoms with Gasteiger partial charge in [-0.2, -0.15) is 0 Å². The van der Waals surface area contributed by atoms with Crippen molar-refractivity contribution in [3.05, 3.63) is 47.5 Å². The topological polar surface area (TPSA) is 18.5 Å². The molecule has 88 valence electrons. The molecule has 0 saturated carbocycles. The van der Waals surface area contributed by atoms with Crippen LogP contribution in [0.2, 0.25) is 5.02 Å². The molecule has 0 radical (unpaired) electrons. The van der Waals surface area contributed by atoms with Gasteiger partial charge in [-0.15, -0.1) is 0 Å². The zero-order valence-electron chi connectivity index (χ0n) is 9.74. The number of ether oxygens (including phenoxy) is 2. The molecule has 0 aliphatic carbocycles. The van der Waals surface area contributed by atoms with Gasteiger partial charge in [0, 0.05) is 5.56 Å². The van der Waals surface area contributed by atoms with Crippen molar-refractivity contribution in [2.75, 3.05) is 14.2 Å². The SMILES string of the molecule is COc1ccc(Cl)c(-c2ccccc2)c1OC. The summed E-state index contributed by atoms with van der Waals surface area (Å²) in [5, 5.41) is 0.647. The van der Waals surface area contributed by atoms with Crippen LogP contribution >= 0.6 is 11.6 Å². The van der Waals surface area contributed by atoms with E-state index < -0.39 is 0 Å². The van der Waals surface area contributed by atoms with E-state index in [9.17, 15) is 0 Å². The summed E-state index contributed by atoms with van der Waals surface area (Å²) in [6, 6.07) is 13.5. The fourth-order valence-electron chi connectivity index (χ4n) is 1.78. The summed E-state index contributed by atoms with van der Waals surface area (Å²) in [5.74, 6) is 1.34. The summed E-state index contributed by atoms with van der Waals surface area (Å²) in [6.07, 6.45) is 0. The number of methoxy groups -OCH3 is 2. The molecule has 0 aromatic heterocycles. The van der Waals surface area contributed by atoms with Gasteiger partial charge >= 0.3 is 0 Å². The summed E-state index contributed by atoms with van der Waals surface area (Å²) in [5.41, 5.74) is 1.86. The number of benzene rings is 2. The van der Waals surface area contributed by atoms with E-state index >= 15 is 0 Å². The third kappa shape index (κ3) is 2.22. The first-order chi connectivity index (χ1) is 8.27. The van der Waals surface area contributed by atoms with Crippen LogP contribution < -0.4 is 9.47 Å². The minimum Gasteiger partial charge on any atom is -0.493 e. The minimum absolute atomic E-state index is 0.647. The Morgan fingerprint density at radius 1 is 0.882 bits per heavy atom. The Balaban J connectivity index is 2.67. The molecule has 0 unspecified atom stereocenters. The van der Waals surface area contributed by atoms with E-state index in [0.29, 0.717) is 16.5 Å². The molecular formula is C14H13ClO2. The number of rotatable bonds is 3. The zero-order valence-corrected chi connectivity index (χ0v) is 10.5. The quantitative estimate of drug-likeness (QED) is 0.817. The summed E-state index contributed by atoms with van der Waals surface area (Å²) in [4.78, 5) is 0. The smallest absolute Gasteiger partial charge is 0.170 e. The van der Waals surface area contributed by atoms with Gasteiger partial charge in [0.25, 0.3) is 0 Å². The molecule has 2 aromatic rings. The summed E-state index contributed by atoms with van der Waals surface area (Å²) in [7, 11) is 3.22. The van der Waals surface area contributed by atoms with E-state index in [4.69, 9.17) is 21.1 Å². The van der Waals surface area contributed by atoms with Crippen LogP contribution in [-0.4, -0.2) is 14.2 Å². The standard InChI is InChI=1S/C14H13ClO2/c1-16-12-9-8-11(15)13(14(12)17-2)10-6-4-3-5-7-10/h3-9H,1-2H3. The normalized spacial score (nSPS) is 10.1. The first-order valence-electron chi connectivity index (χ1n) is 5.24. The van der Waals surface area contributed by atoms with Crippen LogP contribution in [0.15, 0.2) is 42.5 Å². The third-order valence-electron chi connectivity index (χ3n) is 2.56. The van der Waals surface area contributed by atoms with Gasteiger partial charge in [0.2, 0.25) is 0 Å². The fourth-order valence-corrected chi connectivity index (χ4v) is 2.03. The average Bonchev–Trinajstić information content (AvgIpc) is 2.39. The second kappa shape index (κ2) is 5.11. The van der Waals surface area contributed by atoms with Crippen molar-refractivity contribution >= 4 is 11.6 Å². The maximum Gasteiger partial charge on any atom is 0.170 e. The lowest BCUT2D eigenvalue weighted by atomic mass is 10.0. The summed E-state index contributed by atoms with van der Waals surface area (Å²) < 4.78 is 10.7. The van der Waals surface area contributed by atoms with Gasteiger partial charge in [-0.05, 0) is 17.7 Å². The molecule has 0 amide bonds. The average molecular weight is 249 g/mol. The highest BCUT2D eigenvalue weighted by Gasteiger charge is 2.15. The van der Waals surface area contributed by atoms with E-state index in [-0.39, 0.29) is 0 Å². The minimum atomic E-state index is 0.647. The van der Waals surface area contributed by atoms with Crippen molar-refractivity contribution in [2.45, 2.75) is 0 Å². The van der Waals surface area contributed by atoms with E-state index in [1.807, 2.05) is 36.4 Å². The molecule has 0 aliphatic rings. The van der Waals surface area contributed by atoms with Gasteiger partial charge < -0.3 is 9.47 Å². The second-order valence-electron chi connectivity index (χ2n) is 3.52. The van der Waals surface area contributed by atoms with Crippen LogP contribution in [-0.2, 0) is 0 Å². The lowest BCUT2D eigenvalue weighted by molar-refractivity contribution is 0.356. The first-order valence-corrected chi connectivity index (χ1v) is 5.61. The van der Waals surface area contributed by atoms with Crippen LogP contribution in [0.4, 0.5) is 0 Å². The van der Waals surface area contributed by atoms with Crippen LogP contribution in [0, 0.1) is 0 Å². The van der Waals surface area contributed by atoms with E-state index in [0.717, 1.165) is 11.1 Å². The molecular weight excluding hydrogens is 236 g/mol. The zero-order chi connectivity index (χ0) is 12.3. The van der Waals surface area contributed by atoms with Crippen LogP contribution in [0.3, 0.4) is 0 Å². The molecule has 0 atom stereocenters. The van der Waals surface area contributed by atoms with Crippen molar-refractivity contribution in [2.24, 2.45) is 0 Å². The highest BCUT2D eigenvalue weighted by molar-refractivity contribution is 6.33. The van der Waals surface area contributed by atoms with Gasteiger partial charge in [-0.3, -0.25) is 0 Å². The Hall–Kier alpha value is -1.67. The van der Waals surface area contributed by atoms with E-state index in [1.54, 1.807) is 20.3 Å². The third-order valence-corrected chi connectivity index (χ3v) is 2.87. The van der Waals surface area contributed by atoms with Crippen molar-refractivity contribution in [1.29, 1.82) is 0 Å². The molecule has 0 aliphatic heterocycles. The molecule has 0 N–H and O–H groups in total. The fraction of sp³-hybridized carbons (Fsp3) is 0.143. The Bertz CT molecular complexity index is 509. The Kier molecular flexibility index (Phi) is 3.55. The molecule has 0 bridgehead atoms. The summed E-state index contributed by atoms with van der Waals surface area (Å²) >= 11 is 6.24. The molecule has 0 fully saturated rings. The lowest BCUT2D eigenvalue weighted by Gasteiger charge is -2.14. The Morgan fingerprint density at radius 3 is 2.18 bits per heavy atom. The Labute approximate surface area is 106 Å². The number of halogens is 1. The van der Waals surface area contributed by atoms with Crippen LogP contribution in [0.25, 0.3) is 11.1 Å². The van der Waals surface area contributed by atoms with Crippen LogP contribution in [0.1, 0.15) is 0 Å². The van der Waals surface area contributed by atoms with Gasteiger partial charge in [0.15, 0.2) is 11.5 Å². The summed E-state index contributed by atoms with van der Waals surface area (Å²) in [6.45, 7) is 0. The predicted molar refractivity (Wildman–Crippen MR) is 70.0 cm³/mol. The van der Waals surface area contributed by atoms with Crippen molar-refractivity contribution in [3.63, 3.8) is 0 Å². The molecule has 17 heavy (non-hydrogen) atoms. The molecule has 2 nitrogen and oxygen atoms in total. The highest BCUT2D eigenvalue weighted by atomic mass is 35.5. The maximum atomic E-state index is 6.24. The molecule has 2 rings (SSSR count). The van der Waals surface area contributed by atoms with Gasteiger partial charge in [0.1, 0.15) is 0 Å². The predicted octanol–water partition coefficient (Wildman–Crippen LogP) is 4.02. The first kappa shape index (κ1) is 11.8.